The van der Waals surface area contributed by atoms with Crippen molar-refractivity contribution in [3.63, 3.8) is 0 Å². The molecule has 120 valence electrons. The van der Waals surface area contributed by atoms with E-state index in [9.17, 15) is 5.26 Å². The van der Waals surface area contributed by atoms with Crippen molar-refractivity contribution in [1.82, 2.24) is 14.8 Å². The molecule has 0 aliphatic carbocycles. The van der Waals surface area contributed by atoms with Gasteiger partial charge in [0.05, 0.1) is 11.3 Å². The fourth-order valence-electron chi connectivity index (χ4n) is 3.42. The van der Waals surface area contributed by atoms with E-state index >= 15 is 0 Å². The van der Waals surface area contributed by atoms with E-state index in [1.165, 1.54) is 0 Å². The first-order chi connectivity index (χ1) is 11.0. The molecular weight excluding hydrogens is 288 g/mol. The number of anilines is 2. The SMILES string of the molecule is Cc1ccc(C)c(N2CCC(c3nnc(N)n3C)CC2)c1C#N. The maximum Gasteiger partial charge on any atom is 0.221 e. The number of hydrogen-bond donors (Lipinski definition) is 1. The standard InChI is InChI=1S/C17H22N6/c1-11-4-5-12(2)15(14(11)10-18)23-8-6-13(7-9-23)16-20-21-17(19)22(16)3/h4-5,13H,6-9H2,1-3H3,(H2,19,21). The second-order valence-corrected chi connectivity index (χ2v) is 6.27. The van der Waals surface area contributed by atoms with Gasteiger partial charge in [-0.1, -0.05) is 12.1 Å². The smallest absolute Gasteiger partial charge is 0.221 e. The largest absolute Gasteiger partial charge is 0.370 e. The van der Waals surface area contributed by atoms with Gasteiger partial charge in [-0.05, 0) is 37.8 Å². The van der Waals surface area contributed by atoms with Crippen LogP contribution in [-0.2, 0) is 7.05 Å². The molecule has 1 aliphatic heterocycles. The Balaban J connectivity index is 1.82. The number of hydrogen-bond acceptors (Lipinski definition) is 5. The zero-order chi connectivity index (χ0) is 16.6. The predicted molar refractivity (Wildman–Crippen MR) is 90.2 cm³/mol. The number of aromatic nitrogens is 3. The van der Waals surface area contributed by atoms with Crippen LogP contribution in [0.25, 0.3) is 0 Å². The van der Waals surface area contributed by atoms with Gasteiger partial charge in [-0.2, -0.15) is 5.26 Å². The van der Waals surface area contributed by atoms with Crippen LogP contribution in [0, 0.1) is 25.2 Å². The molecule has 0 unspecified atom stereocenters. The molecule has 2 aromatic rings. The van der Waals surface area contributed by atoms with E-state index in [2.05, 4.69) is 34.2 Å². The molecule has 1 aromatic heterocycles. The normalized spacial score (nSPS) is 15.7. The Kier molecular flexibility index (Phi) is 3.95. The Morgan fingerprint density at radius 1 is 1.17 bits per heavy atom. The first-order valence-corrected chi connectivity index (χ1v) is 7.93. The number of rotatable bonds is 2. The van der Waals surface area contributed by atoms with Crippen molar-refractivity contribution in [3.05, 3.63) is 34.6 Å². The maximum absolute atomic E-state index is 9.51. The van der Waals surface area contributed by atoms with Crippen molar-refractivity contribution in [2.75, 3.05) is 23.7 Å². The van der Waals surface area contributed by atoms with Crippen LogP contribution < -0.4 is 10.6 Å². The van der Waals surface area contributed by atoms with E-state index in [0.717, 1.165) is 54.1 Å². The van der Waals surface area contributed by atoms with Gasteiger partial charge >= 0.3 is 0 Å². The lowest BCUT2D eigenvalue weighted by molar-refractivity contribution is 0.474. The predicted octanol–water partition coefficient (Wildman–Crippen LogP) is 2.27. The number of nitrogens with zero attached hydrogens (tertiary/aromatic N) is 5. The maximum atomic E-state index is 9.51. The van der Waals surface area contributed by atoms with Crippen molar-refractivity contribution >= 4 is 11.6 Å². The van der Waals surface area contributed by atoms with Crippen LogP contribution in [0.1, 0.15) is 41.3 Å². The minimum Gasteiger partial charge on any atom is -0.370 e. The highest BCUT2D eigenvalue weighted by molar-refractivity contribution is 5.66. The van der Waals surface area contributed by atoms with Crippen LogP contribution in [0.15, 0.2) is 12.1 Å². The molecule has 1 aliphatic rings. The van der Waals surface area contributed by atoms with Gasteiger partial charge in [-0.15, -0.1) is 10.2 Å². The molecule has 2 heterocycles. The molecule has 0 saturated carbocycles. The third-order valence-electron chi connectivity index (χ3n) is 4.82. The van der Waals surface area contributed by atoms with Crippen LogP contribution in [-0.4, -0.2) is 27.9 Å². The third-order valence-corrected chi connectivity index (χ3v) is 4.82. The Bertz CT molecular complexity index is 762. The molecule has 3 rings (SSSR count). The summed E-state index contributed by atoms with van der Waals surface area (Å²) in [6, 6.07) is 6.49. The number of piperidine rings is 1. The summed E-state index contributed by atoms with van der Waals surface area (Å²) in [5.74, 6) is 1.80. The minimum atomic E-state index is 0.372. The monoisotopic (exact) mass is 310 g/mol. The van der Waals surface area contributed by atoms with Gasteiger partial charge in [0.2, 0.25) is 5.95 Å². The average molecular weight is 310 g/mol. The summed E-state index contributed by atoms with van der Waals surface area (Å²) in [7, 11) is 1.91. The first kappa shape index (κ1) is 15.3. The second-order valence-electron chi connectivity index (χ2n) is 6.27. The van der Waals surface area contributed by atoms with Gasteiger partial charge in [0.1, 0.15) is 11.9 Å². The number of benzene rings is 1. The summed E-state index contributed by atoms with van der Waals surface area (Å²) < 4.78 is 1.87. The quantitative estimate of drug-likeness (QED) is 0.920. The molecule has 1 fully saturated rings. The number of nitrogens with two attached hydrogens (primary N) is 1. The molecule has 0 amide bonds. The van der Waals surface area contributed by atoms with Crippen LogP contribution in [0.2, 0.25) is 0 Å². The zero-order valence-electron chi connectivity index (χ0n) is 13.9. The molecule has 1 aromatic carbocycles. The lowest BCUT2D eigenvalue weighted by Gasteiger charge is -2.34. The lowest BCUT2D eigenvalue weighted by Crippen LogP contribution is -2.34. The first-order valence-electron chi connectivity index (χ1n) is 7.93. The van der Waals surface area contributed by atoms with E-state index in [-0.39, 0.29) is 0 Å². The van der Waals surface area contributed by atoms with Gasteiger partial charge < -0.3 is 15.2 Å². The molecule has 0 radical (unpaired) electrons. The number of nitrogen functional groups attached to an aromatic ring is 1. The van der Waals surface area contributed by atoms with Gasteiger partial charge in [-0.25, -0.2) is 0 Å². The van der Waals surface area contributed by atoms with Gasteiger partial charge in [0.25, 0.3) is 0 Å². The summed E-state index contributed by atoms with van der Waals surface area (Å²) in [6.45, 7) is 5.90. The summed E-state index contributed by atoms with van der Waals surface area (Å²) in [6.07, 6.45) is 1.98. The topological polar surface area (TPSA) is 83.8 Å². The van der Waals surface area contributed by atoms with Crippen LogP contribution >= 0.6 is 0 Å². The molecule has 6 nitrogen and oxygen atoms in total. The summed E-state index contributed by atoms with van der Waals surface area (Å²) >= 11 is 0. The molecule has 0 bridgehead atoms. The van der Waals surface area contributed by atoms with Crippen molar-refractivity contribution in [1.29, 1.82) is 5.26 Å². The van der Waals surface area contributed by atoms with Crippen molar-refractivity contribution in [2.45, 2.75) is 32.6 Å². The molecule has 23 heavy (non-hydrogen) atoms. The Hall–Kier alpha value is -2.55. The summed E-state index contributed by atoms with van der Waals surface area (Å²) in [5.41, 5.74) is 9.87. The Labute approximate surface area is 136 Å². The number of nitriles is 1. The van der Waals surface area contributed by atoms with E-state index in [4.69, 9.17) is 5.73 Å². The molecular formula is C17H22N6. The van der Waals surface area contributed by atoms with Gasteiger partial charge in [0, 0.05) is 26.1 Å². The van der Waals surface area contributed by atoms with Crippen LogP contribution in [0.4, 0.5) is 11.6 Å². The van der Waals surface area contributed by atoms with Crippen molar-refractivity contribution in [2.24, 2.45) is 7.05 Å². The van der Waals surface area contributed by atoms with Crippen LogP contribution in [0.3, 0.4) is 0 Å². The van der Waals surface area contributed by atoms with E-state index in [1.54, 1.807) is 0 Å². The van der Waals surface area contributed by atoms with E-state index < -0.39 is 0 Å². The highest BCUT2D eigenvalue weighted by Gasteiger charge is 2.27. The fourth-order valence-corrected chi connectivity index (χ4v) is 3.42. The molecule has 6 heteroatoms. The van der Waals surface area contributed by atoms with Crippen molar-refractivity contribution in [3.8, 4) is 6.07 Å². The highest BCUT2D eigenvalue weighted by atomic mass is 15.3. The summed E-state index contributed by atoms with van der Waals surface area (Å²) in [4.78, 5) is 2.33. The molecule has 1 saturated heterocycles. The van der Waals surface area contributed by atoms with Gasteiger partial charge in [-0.3, -0.25) is 0 Å². The Morgan fingerprint density at radius 2 is 1.83 bits per heavy atom. The van der Waals surface area contributed by atoms with Crippen LogP contribution in [0.5, 0.6) is 0 Å². The van der Waals surface area contributed by atoms with E-state index in [1.807, 2.05) is 24.6 Å². The third kappa shape index (κ3) is 2.63. The van der Waals surface area contributed by atoms with Crippen molar-refractivity contribution < 1.29 is 0 Å². The molecule has 2 N–H and O–H groups in total. The highest BCUT2D eigenvalue weighted by Crippen LogP contribution is 2.34. The fraction of sp³-hybridized carbons (Fsp3) is 0.471. The second kappa shape index (κ2) is 5.92. The minimum absolute atomic E-state index is 0.372. The summed E-state index contributed by atoms with van der Waals surface area (Å²) in [5, 5.41) is 17.7. The zero-order valence-corrected chi connectivity index (χ0v) is 13.9. The number of aryl methyl sites for hydroxylation is 2. The molecule has 0 atom stereocenters. The lowest BCUT2D eigenvalue weighted by atomic mass is 9.93. The average Bonchev–Trinajstić information content (AvgIpc) is 2.89. The molecule has 0 spiro atoms. The Morgan fingerprint density at radius 3 is 2.39 bits per heavy atom. The van der Waals surface area contributed by atoms with Gasteiger partial charge in [0.15, 0.2) is 0 Å². The van der Waals surface area contributed by atoms with E-state index in [0.29, 0.717) is 11.9 Å².